The Morgan fingerprint density at radius 1 is 1.39 bits per heavy atom. The number of hydrogen-bond donors (Lipinski definition) is 0. The summed E-state index contributed by atoms with van der Waals surface area (Å²) in [5.41, 5.74) is -0.509. The summed E-state index contributed by atoms with van der Waals surface area (Å²) in [5.74, 6) is -0.349. The van der Waals surface area contributed by atoms with E-state index in [-0.39, 0.29) is 29.7 Å². The Labute approximate surface area is 106 Å². The molecule has 1 heterocycles. The highest BCUT2D eigenvalue weighted by molar-refractivity contribution is 5.79. The standard InChI is InChI=1S/C13H16N2O3/c1-10-8-13(15(17)18,9-14(2)12(10)16)11-6-4-3-5-7-11/h3-7,10H,8-9H2,1-2H3/t10-,13+/m0/s1. The number of piperidine rings is 1. The molecule has 96 valence electrons. The lowest BCUT2D eigenvalue weighted by atomic mass is 9.78. The van der Waals surface area contributed by atoms with Gasteiger partial charge in [-0.3, -0.25) is 14.9 Å². The third-order valence-corrected chi connectivity index (χ3v) is 3.60. The van der Waals surface area contributed by atoms with Gasteiger partial charge >= 0.3 is 0 Å². The van der Waals surface area contributed by atoms with Crippen molar-refractivity contribution in [1.82, 2.24) is 4.90 Å². The highest BCUT2D eigenvalue weighted by atomic mass is 16.6. The van der Waals surface area contributed by atoms with Crippen LogP contribution in [0.4, 0.5) is 0 Å². The predicted octanol–water partition coefficient (Wildman–Crippen LogP) is 1.66. The second-order valence-electron chi connectivity index (χ2n) is 4.95. The lowest BCUT2D eigenvalue weighted by Crippen LogP contribution is -2.54. The molecule has 5 heteroatoms. The molecule has 0 N–H and O–H groups in total. The van der Waals surface area contributed by atoms with Crippen LogP contribution in [0.5, 0.6) is 0 Å². The molecule has 1 aliphatic heterocycles. The molecule has 0 aromatic heterocycles. The number of carbonyl (C=O) groups excluding carboxylic acids is 1. The zero-order valence-electron chi connectivity index (χ0n) is 10.5. The molecule has 0 spiro atoms. The minimum Gasteiger partial charge on any atom is -0.338 e. The Balaban J connectivity index is 2.47. The maximum Gasteiger partial charge on any atom is 0.265 e. The molecule has 0 saturated carbocycles. The van der Waals surface area contributed by atoms with Crippen molar-refractivity contribution in [3.05, 3.63) is 46.0 Å². The van der Waals surface area contributed by atoms with E-state index in [1.165, 1.54) is 4.90 Å². The zero-order valence-corrected chi connectivity index (χ0v) is 10.5. The Hall–Kier alpha value is -1.91. The number of rotatable bonds is 2. The summed E-state index contributed by atoms with van der Waals surface area (Å²) in [5, 5.41) is 11.5. The Kier molecular flexibility index (Phi) is 3.07. The summed E-state index contributed by atoms with van der Waals surface area (Å²) in [4.78, 5) is 24.5. The summed E-state index contributed by atoms with van der Waals surface area (Å²) in [6, 6.07) is 8.94. The van der Waals surface area contributed by atoms with Crippen LogP contribution in [0.3, 0.4) is 0 Å². The fourth-order valence-corrected chi connectivity index (χ4v) is 2.70. The molecule has 0 radical (unpaired) electrons. The molecule has 0 aliphatic carbocycles. The van der Waals surface area contributed by atoms with Crippen molar-refractivity contribution in [2.75, 3.05) is 13.6 Å². The number of likely N-dealkylation sites (N-methyl/N-ethyl adjacent to an activating group) is 1. The van der Waals surface area contributed by atoms with Gasteiger partial charge in [-0.25, -0.2) is 0 Å². The average Bonchev–Trinajstić information content (AvgIpc) is 2.36. The highest BCUT2D eigenvalue weighted by Gasteiger charge is 2.52. The van der Waals surface area contributed by atoms with Crippen LogP contribution >= 0.6 is 0 Å². The number of benzene rings is 1. The normalized spacial score (nSPS) is 28.2. The first-order valence-electron chi connectivity index (χ1n) is 5.92. The van der Waals surface area contributed by atoms with Gasteiger partial charge in [-0.2, -0.15) is 0 Å². The van der Waals surface area contributed by atoms with Crippen molar-refractivity contribution in [3.8, 4) is 0 Å². The summed E-state index contributed by atoms with van der Waals surface area (Å²) < 4.78 is 0. The van der Waals surface area contributed by atoms with Gasteiger partial charge in [-0.15, -0.1) is 0 Å². The quantitative estimate of drug-likeness (QED) is 0.590. The van der Waals surface area contributed by atoms with Crippen molar-refractivity contribution in [1.29, 1.82) is 0 Å². The Morgan fingerprint density at radius 2 is 2.00 bits per heavy atom. The van der Waals surface area contributed by atoms with Gasteiger partial charge in [0, 0.05) is 29.9 Å². The summed E-state index contributed by atoms with van der Waals surface area (Å²) in [6.45, 7) is 1.88. The molecule has 2 rings (SSSR count). The van der Waals surface area contributed by atoms with E-state index in [4.69, 9.17) is 0 Å². The highest BCUT2D eigenvalue weighted by Crippen LogP contribution is 2.37. The fourth-order valence-electron chi connectivity index (χ4n) is 2.70. The third kappa shape index (κ3) is 1.85. The van der Waals surface area contributed by atoms with Crippen molar-refractivity contribution in [3.63, 3.8) is 0 Å². The van der Waals surface area contributed by atoms with Crippen molar-refractivity contribution >= 4 is 5.91 Å². The molecular weight excluding hydrogens is 232 g/mol. The molecule has 2 atom stereocenters. The lowest BCUT2D eigenvalue weighted by Gasteiger charge is -2.37. The first-order valence-corrected chi connectivity index (χ1v) is 5.92. The van der Waals surface area contributed by atoms with Gasteiger partial charge in [0.2, 0.25) is 5.91 Å². The molecule has 5 nitrogen and oxygen atoms in total. The van der Waals surface area contributed by atoms with E-state index in [0.717, 1.165) is 0 Å². The molecule has 1 aliphatic rings. The third-order valence-electron chi connectivity index (χ3n) is 3.60. The smallest absolute Gasteiger partial charge is 0.265 e. The van der Waals surface area contributed by atoms with Crippen LogP contribution in [0.1, 0.15) is 18.9 Å². The van der Waals surface area contributed by atoms with Gasteiger partial charge < -0.3 is 4.90 Å². The van der Waals surface area contributed by atoms with Crippen LogP contribution in [-0.2, 0) is 10.3 Å². The van der Waals surface area contributed by atoms with Gasteiger partial charge in [-0.05, 0) is 0 Å². The molecule has 18 heavy (non-hydrogen) atoms. The fraction of sp³-hybridized carbons (Fsp3) is 0.462. The van der Waals surface area contributed by atoms with E-state index in [0.29, 0.717) is 5.56 Å². The molecular formula is C13H16N2O3. The van der Waals surface area contributed by atoms with Crippen LogP contribution in [0.25, 0.3) is 0 Å². The molecule has 1 amide bonds. The maximum absolute atomic E-state index is 11.8. The van der Waals surface area contributed by atoms with Crippen LogP contribution in [0.2, 0.25) is 0 Å². The predicted molar refractivity (Wildman–Crippen MR) is 66.5 cm³/mol. The van der Waals surface area contributed by atoms with Crippen LogP contribution in [0.15, 0.2) is 30.3 Å². The van der Waals surface area contributed by atoms with Gasteiger partial charge in [-0.1, -0.05) is 37.3 Å². The minimum absolute atomic E-state index is 0.0246. The van der Waals surface area contributed by atoms with Gasteiger partial charge in [0.1, 0.15) is 0 Å². The number of amides is 1. The summed E-state index contributed by atoms with van der Waals surface area (Å²) in [6.07, 6.45) is 0.257. The number of nitro groups is 1. The first-order chi connectivity index (χ1) is 8.47. The van der Waals surface area contributed by atoms with Gasteiger partial charge in [0.15, 0.2) is 0 Å². The van der Waals surface area contributed by atoms with E-state index in [9.17, 15) is 14.9 Å². The molecule has 0 unspecified atom stereocenters. The summed E-state index contributed by atoms with van der Waals surface area (Å²) >= 11 is 0. The van der Waals surface area contributed by atoms with E-state index in [1.54, 1.807) is 38.2 Å². The van der Waals surface area contributed by atoms with E-state index >= 15 is 0 Å². The van der Waals surface area contributed by atoms with E-state index < -0.39 is 5.54 Å². The molecule has 0 bridgehead atoms. The van der Waals surface area contributed by atoms with Gasteiger partial charge in [0.25, 0.3) is 5.54 Å². The molecule has 1 saturated heterocycles. The van der Waals surface area contributed by atoms with Crippen LogP contribution in [-0.4, -0.2) is 29.3 Å². The first kappa shape index (κ1) is 12.5. The zero-order chi connectivity index (χ0) is 13.3. The Morgan fingerprint density at radius 3 is 2.50 bits per heavy atom. The van der Waals surface area contributed by atoms with Crippen molar-refractivity contribution in [2.24, 2.45) is 5.92 Å². The van der Waals surface area contributed by atoms with Crippen molar-refractivity contribution in [2.45, 2.75) is 18.9 Å². The van der Waals surface area contributed by atoms with Gasteiger partial charge in [0.05, 0.1) is 6.54 Å². The monoisotopic (exact) mass is 248 g/mol. The number of carbonyl (C=O) groups is 1. The Bertz CT molecular complexity index is 458. The molecule has 1 aromatic rings. The lowest BCUT2D eigenvalue weighted by molar-refractivity contribution is -0.583. The topological polar surface area (TPSA) is 63.5 Å². The number of hydrogen-bond acceptors (Lipinski definition) is 3. The summed E-state index contributed by atoms with van der Waals surface area (Å²) in [7, 11) is 1.62. The SMILES string of the molecule is C[C@H]1C[C@@](c2ccccc2)([N+](=O)[O-])CN(C)C1=O. The van der Waals surface area contributed by atoms with Crippen molar-refractivity contribution < 1.29 is 9.72 Å². The second kappa shape index (κ2) is 4.40. The maximum atomic E-state index is 11.8. The molecule has 1 aromatic carbocycles. The van der Waals surface area contributed by atoms with E-state index in [1.807, 2.05) is 6.07 Å². The largest absolute Gasteiger partial charge is 0.338 e. The molecule has 1 fully saturated rings. The van der Waals surface area contributed by atoms with Crippen LogP contribution in [0, 0.1) is 16.0 Å². The minimum atomic E-state index is -1.18. The van der Waals surface area contributed by atoms with E-state index in [2.05, 4.69) is 0 Å². The average molecular weight is 248 g/mol. The number of likely N-dealkylation sites (tertiary alicyclic amines) is 1. The van der Waals surface area contributed by atoms with Crippen LogP contribution < -0.4 is 0 Å². The second-order valence-corrected chi connectivity index (χ2v) is 4.95. The number of nitrogens with zero attached hydrogens (tertiary/aromatic N) is 2.